The number of nitrogens with two attached hydrogens (primary N) is 1. The van der Waals surface area contributed by atoms with E-state index in [9.17, 15) is 4.39 Å². The Hall–Kier alpha value is -1.26. The summed E-state index contributed by atoms with van der Waals surface area (Å²) in [6, 6.07) is 6.84. The van der Waals surface area contributed by atoms with E-state index in [2.05, 4.69) is 11.9 Å². The molecule has 0 aliphatic rings. The number of hydrogen-bond acceptors (Lipinski definition) is 3. The molecular formula is C14H17FN2S. The smallest absolute Gasteiger partial charge is 0.126 e. The van der Waals surface area contributed by atoms with Crippen LogP contribution in [0.4, 0.5) is 4.39 Å². The van der Waals surface area contributed by atoms with Gasteiger partial charge in [-0.05, 0) is 18.1 Å². The Morgan fingerprint density at radius 3 is 2.78 bits per heavy atom. The van der Waals surface area contributed by atoms with Crippen molar-refractivity contribution in [2.75, 3.05) is 0 Å². The lowest BCUT2D eigenvalue weighted by molar-refractivity contribution is 0.613. The third-order valence-electron chi connectivity index (χ3n) is 2.79. The second kappa shape index (κ2) is 6.07. The molecule has 4 heteroatoms. The van der Waals surface area contributed by atoms with Crippen molar-refractivity contribution in [2.45, 2.75) is 32.7 Å². The Labute approximate surface area is 111 Å². The molecule has 0 unspecified atom stereocenters. The Kier molecular flexibility index (Phi) is 4.44. The molecule has 0 aliphatic carbocycles. The summed E-state index contributed by atoms with van der Waals surface area (Å²) in [6.45, 7) is 2.64. The van der Waals surface area contributed by atoms with Crippen molar-refractivity contribution in [3.63, 3.8) is 0 Å². The molecule has 1 aromatic carbocycles. The molecule has 0 atom stereocenters. The van der Waals surface area contributed by atoms with Crippen LogP contribution in [-0.4, -0.2) is 4.98 Å². The number of nitrogens with zero attached hydrogens (tertiary/aromatic N) is 1. The molecule has 1 aromatic heterocycles. The minimum Gasteiger partial charge on any atom is -0.326 e. The van der Waals surface area contributed by atoms with E-state index in [1.54, 1.807) is 23.5 Å². The number of thiazole rings is 1. The van der Waals surface area contributed by atoms with Crippen LogP contribution in [0.2, 0.25) is 0 Å². The predicted octanol–water partition coefficient (Wildman–Crippen LogP) is 3.28. The van der Waals surface area contributed by atoms with Crippen molar-refractivity contribution in [3.05, 3.63) is 51.2 Å². The van der Waals surface area contributed by atoms with E-state index in [-0.39, 0.29) is 5.82 Å². The molecule has 0 saturated carbocycles. The van der Waals surface area contributed by atoms with E-state index in [0.29, 0.717) is 18.5 Å². The monoisotopic (exact) mass is 264 g/mol. The van der Waals surface area contributed by atoms with Gasteiger partial charge in [-0.1, -0.05) is 31.5 Å². The zero-order chi connectivity index (χ0) is 13.0. The second-order valence-corrected chi connectivity index (χ2v) is 5.37. The van der Waals surface area contributed by atoms with Crippen LogP contribution in [0.1, 0.15) is 34.5 Å². The van der Waals surface area contributed by atoms with Crippen LogP contribution in [-0.2, 0) is 19.4 Å². The fourth-order valence-electron chi connectivity index (χ4n) is 1.91. The maximum Gasteiger partial charge on any atom is 0.126 e. The summed E-state index contributed by atoms with van der Waals surface area (Å²) in [5.74, 6) is -0.168. The van der Waals surface area contributed by atoms with Gasteiger partial charge in [0.15, 0.2) is 0 Å². The first-order chi connectivity index (χ1) is 8.74. The van der Waals surface area contributed by atoms with Crippen molar-refractivity contribution in [1.82, 2.24) is 4.98 Å². The summed E-state index contributed by atoms with van der Waals surface area (Å²) in [5.41, 5.74) is 7.49. The van der Waals surface area contributed by atoms with Crippen LogP contribution in [0, 0.1) is 5.82 Å². The van der Waals surface area contributed by atoms with Crippen molar-refractivity contribution < 1.29 is 4.39 Å². The quantitative estimate of drug-likeness (QED) is 0.900. The number of benzene rings is 1. The topological polar surface area (TPSA) is 38.9 Å². The van der Waals surface area contributed by atoms with Crippen LogP contribution in [0.5, 0.6) is 0 Å². The number of rotatable bonds is 5. The molecule has 0 fully saturated rings. The second-order valence-electron chi connectivity index (χ2n) is 4.20. The molecule has 2 N–H and O–H groups in total. The number of halogens is 1. The number of aryl methyl sites for hydroxylation is 1. The molecule has 18 heavy (non-hydrogen) atoms. The van der Waals surface area contributed by atoms with Gasteiger partial charge in [0, 0.05) is 17.8 Å². The summed E-state index contributed by atoms with van der Waals surface area (Å²) in [4.78, 5) is 5.71. The maximum atomic E-state index is 13.6. The van der Waals surface area contributed by atoms with Crippen molar-refractivity contribution in [1.29, 1.82) is 0 Å². The molecule has 0 saturated heterocycles. The molecular weight excluding hydrogens is 247 g/mol. The van der Waals surface area contributed by atoms with Gasteiger partial charge in [0.1, 0.15) is 5.82 Å². The summed E-state index contributed by atoms with van der Waals surface area (Å²) in [5, 5.41) is 0.948. The van der Waals surface area contributed by atoms with E-state index >= 15 is 0 Å². The minimum absolute atomic E-state index is 0.168. The van der Waals surface area contributed by atoms with Crippen LogP contribution in [0.25, 0.3) is 0 Å². The lowest BCUT2D eigenvalue weighted by atomic mass is 10.1. The summed E-state index contributed by atoms with van der Waals surface area (Å²) in [7, 11) is 0. The van der Waals surface area contributed by atoms with Gasteiger partial charge >= 0.3 is 0 Å². The van der Waals surface area contributed by atoms with Gasteiger partial charge in [-0.15, -0.1) is 11.3 Å². The van der Waals surface area contributed by atoms with Gasteiger partial charge in [-0.3, -0.25) is 0 Å². The van der Waals surface area contributed by atoms with Gasteiger partial charge in [-0.25, -0.2) is 9.37 Å². The molecule has 0 bridgehead atoms. The Morgan fingerprint density at radius 2 is 2.11 bits per heavy atom. The number of aromatic nitrogens is 1. The van der Waals surface area contributed by atoms with Gasteiger partial charge < -0.3 is 5.73 Å². The van der Waals surface area contributed by atoms with Crippen molar-refractivity contribution in [3.8, 4) is 0 Å². The van der Waals surface area contributed by atoms with Crippen molar-refractivity contribution >= 4 is 11.3 Å². The highest BCUT2D eigenvalue weighted by atomic mass is 32.1. The Bertz CT molecular complexity index is 522. The molecule has 2 nitrogen and oxygen atoms in total. The highest BCUT2D eigenvalue weighted by Crippen LogP contribution is 2.22. The van der Waals surface area contributed by atoms with Gasteiger partial charge in [0.2, 0.25) is 0 Å². The molecule has 0 aliphatic heterocycles. The lowest BCUT2D eigenvalue weighted by Gasteiger charge is -1.99. The third-order valence-corrected chi connectivity index (χ3v) is 3.91. The first-order valence-electron chi connectivity index (χ1n) is 6.15. The van der Waals surface area contributed by atoms with E-state index in [1.807, 2.05) is 6.07 Å². The predicted molar refractivity (Wildman–Crippen MR) is 73.2 cm³/mol. The largest absolute Gasteiger partial charge is 0.326 e. The van der Waals surface area contributed by atoms with Crippen molar-refractivity contribution in [2.24, 2.45) is 5.73 Å². The molecule has 0 amide bonds. The van der Waals surface area contributed by atoms with Gasteiger partial charge in [0.25, 0.3) is 0 Å². The summed E-state index contributed by atoms with van der Waals surface area (Å²) < 4.78 is 13.6. The zero-order valence-electron chi connectivity index (χ0n) is 10.4. The fraction of sp³-hybridized carbons (Fsp3) is 0.357. The average Bonchev–Trinajstić information content (AvgIpc) is 2.75. The first kappa shape index (κ1) is 13.2. The molecule has 0 radical (unpaired) electrons. The first-order valence-corrected chi connectivity index (χ1v) is 6.97. The summed E-state index contributed by atoms with van der Waals surface area (Å²) in [6.07, 6.45) is 2.55. The minimum atomic E-state index is -0.168. The Balaban J connectivity index is 2.22. The average molecular weight is 264 g/mol. The van der Waals surface area contributed by atoms with E-state index in [4.69, 9.17) is 5.73 Å². The normalized spacial score (nSPS) is 10.8. The van der Waals surface area contributed by atoms with Gasteiger partial charge in [0.05, 0.1) is 10.7 Å². The van der Waals surface area contributed by atoms with Crippen LogP contribution >= 0.6 is 11.3 Å². The molecule has 2 aromatic rings. The third kappa shape index (κ3) is 2.94. The fourth-order valence-corrected chi connectivity index (χ4v) is 2.93. The highest BCUT2D eigenvalue weighted by molar-refractivity contribution is 7.11. The molecule has 96 valence electrons. The zero-order valence-corrected chi connectivity index (χ0v) is 11.3. The van der Waals surface area contributed by atoms with Crippen LogP contribution < -0.4 is 5.73 Å². The lowest BCUT2D eigenvalue weighted by Crippen LogP contribution is -1.98. The van der Waals surface area contributed by atoms with Crippen LogP contribution in [0.15, 0.2) is 24.3 Å². The standard InChI is InChI=1S/C14H17FN2S/c1-2-5-12-13(9-16)18-14(17-12)8-10-6-3-4-7-11(10)15/h3-4,6-7H,2,5,8-9,16H2,1H3. The van der Waals surface area contributed by atoms with E-state index < -0.39 is 0 Å². The molecule has 0 spiro atoms. The highest BCUT2D eigenvalue weighted by Gasteiger charge is 2.11. The van der Waals surface area contributed by atoms with Gasteiger partial charge in [-0.2, -0.15) is 0 Å². The van der Waals surface area contributed by atoms with E-state index in [0.717, 1.165) is 28.4 Å². The number of hydrogen-bond donors (Lipinski definition) is 1. The molecule has 1 heterocycles. The van der Waals surface area contributed by atoms with E-state index in [1.165, 1.54) is 6.07 Å². The SMILES string of the molecule is CCCc1nc(Cc2ccccc2F)sc1CN. The summed E-state index contributed by atoms with van der Waals surface area (Å²) >= 11 is 1.60. The maximum absolute atomic E-state index is 13.6. The van der Waals surface area contributed by atoms with Crippen LogP contribution in [0.3, 0.4) is 0 Å². The Morgan fingerprint density at radius 1 is 1.33 bits per heavy atom. The molecule has 2 rings (SSSR count).